The molecular weight excluding hydrogens is 266 g/mol. The van der Waals surface area contributed by atoms with E-state index in [9.17, 15) is 9.59 Å². The molecule has 1 aliphatic rings. The van der Waals surface area contributed by atoms with Gasteiger partial charge >= 0.3 is 0 Å². The maximum atomic E-state index is 12.6. The maximum absolute atomic E-state index is 12.6. The van der Waals surface area contributed by atoms with Gasteiger partial charge in [0.05, 0.1) is 10.9 Å². The van der Waals surface area contributed by atoms with E-state index < -0.39 is 0 Å². The minimum atomic E-state index is -0.303. The molecular formula is C16H15N3O2. The Bertz CT molecular complexity index is 831. The summed E-state index contributed by atoms with van der Waals surface area (Å²) in [6.07, 6.45) is 7.62. The van der Waals surface area contributed by atoms with E-state index >= 15 is 0 Å². The Morgan fingerprint density at radius 1 is 1.33 bits per heavy atom. The van der Waals surface area contributed by atoms with Crippen molar-refractivity contribution in [2.24, 2.45) is 0 Å². The fourth-order valence-electron chi connectivity index (χ4n) is 2.40. The third-order valence-corrected chi connectivity index (χ3v) is 3.35. The average Bonchev–Trinajstić information content (AvgIpc) is 2.50. The third kappa shape index (κ3) is 2.50. The summed E-state index contributed by atoms with van der Waals surface area (Å²) >= 11 is 0. The van der Waals surface area contributed by atoms with Gasteiger partial charge in [0.1, 0.15) is 0 Å². The molecule has 1 aliphatic carbocycles. The van der Waals surface area contributed by atoms with E-state index in [2.05, 4.69) is 16.5 Å². The number of carbonyl (C=O) groups excluding carboxylic acids is 1. The minimum absolute atomic E-state index is 0.263. The molecule has 2 aromatic rings. The zero-order valence-corrected chi connectivity index (χ0v) is 11.7. The van der Waals surface area contributed by atoms with Crippen molar-refractivity contribution in [2.75, 3.05) is 5.43 Å². The average molecular weight is 281 g/mol. The van der Waals surface area contributed by atoms with Crippen molar-refractivity contribution in [3.63, 3.8) is 0 Å². The number of hydrogen-bond acceptors (Lipinski definition) is 3. The molecule has 1 amide bonds. The molecule has 0 spiro atoms. The molecule has 0 saturated heterocycles. The summed E-state index contributed by atoms with van der Waals surface area (Å²) in [4.78, 5) is 28.6. The Morgan fingerprint density at radius 3 is 2.86 bits per heavy atom. The molecule has 5 heteroatoms. The highest BCUT2D eigenvalue weighted by Crippen LogP contribution is 2.22. The van der Waals surface area contributed by atoms with E-state index in [1.54, 1.807) is 18.2 Å². The van der Waals surface area contributed by atoms with Crippen LogP contribution in [0, 0.1) is 0 Å². The summed E-state index contributed by atoms with van der Waals surface area (Å²) in [5, 5.41) is 0.488. The van der Waals surface area contributed by atoms with Gasteiger partial charge in [-0.25, -0.2) is 4.98 Å². The number of amides is 1. The van der Waals surface area contributed by atoms with Crippen LogP contribution in [-0.2, 0) is 4.79 Å². The first kappa shape index (κ1) is 13.3. The lowest BCUT2D eigenvalue weighted by Gasteiger charge is -2.16. The smallest absolute Gasteiger partial charge is 0.274 e. The lowest BCUT2D eigenvalue weighted by Crippen LogP contribution is -2.35. The maximum Gasteiger partial charge on any atom is 0.280 e. The highest BCUT2D eigenvalue weighted by molar-refractivity contribution is 5.84. The van der Waals surface area contributed by atoms with Crippen LogP contribution in [0.3, 0.4) is 0 Å². The van der Waals surface area contributed by atoms with Crippen molar-refractivity contribution >= 4 is 22.4 Å². The molecule has 1 aromatic carbocycles. The summed E-state index contributed by atoms with van der Waals surface area (Å²) in [5.41, 5.74) is 3.88. The lowest BCUT2D eigenvalue weighted by molar-refractivity contribution is -0.115. The van der Waals surface area contributed by atoms with E-state index in [0.29, 0.717) is 16.7 Å². The van der Waals surface area contributed by atoms with Crippen molar-refractivity contribution in [1.29, 1.82) is 0 Å². The van der Waals surface area contributed by atoms with Crippen molar-refractivity contribution in [1.82, 2.24) is 9.66 Å². The van der Waals surface area contributed by atoms with Gasteiger partial charge in [-0.15, -0.1) is 0 Å². The molecule has 21 heavy (non-hydrogen) atoms. The van der Waals surface area contributed by atoms with Gasteiger partial charge < -0.3 is 0 Å². The summed E-state index contributed by atoms with van der Waals surface area (Å²) in [6, 6.07) is 7.14. The molecule has 0 bridgehead atoms. The highest BCUT2D eigenvalue weighted by Gasteiger charge is 2.15. The van der Waals surface area contributed by atoms with E-state index in [0.717, 1.165) is 18.4 Å². The molecule has 3 rings (SSSR count). The second kappa shape index (κ2) is 5.36. The van der Waals surface area contributed by atoms with E-state index in [4.69, 9.17) is 0 Å². The van der Waals surface area contributed by atoms with Crippen LogP contribution in [0.5, 0.6) is 0 Å². The number of allylic oxidation sites excluding steroid dienone is 4. The van der Waals surface area contributed by atoms with Crippen LogP contribution < -0.4 is 11.0 Å². The number of nitrogens with one attached hydrogen (secondary N) is 1. The Hall–Kier alpha value is -2.69. The van der Waals surface area contributed by atoms with E-state index in [-0.39, 0.29) is 11.5 Å². The SMILES string of the molecule is CC(=O)Nn1c(C2=CC=CCC2)nc2ccccc2c1=O. The van der Waals surface area contributed by atoms with Gasteiger partial charge in [0.2, 0.25) is 5.91 Å². The zero-order chi connectivity index (χ0) is 14.8. The largest absolute Gasteiger partial charge is 0.280 e. The highest BCUT2D eigenvalue weighted by atomic mass is 16.2. The lowest BCUT2D eigenvalue weighted by atomic mass is 10.0. The molecule has 0 aliphatic heterocycles. The van der Waals surface area contributed by atoms with Gasteiger partial charge in [0.25, 0.3) is 5.56 Å². The Labute approximate surface area is 121 Å². The molecule has 0 radical (unpaired) electrons. The molecule has 0 saturated carbocycles. The van der Waals surface area contributed by atoms with Crippen LogP contribution >= 0.6 is 0 Å². The molecule has 0 atom stereocenters. The molecule has 106 valence electrons. The number of hydrogen-bond donors (Lipinski definition) is 1. The predicted molar refractivity (Wildman–Crippen MR) is 82.4 cm³/mol. The first-order valence-corrected chi connectivity index (χ1v) is 6.82. The molecule has 0 unspecified atom stereocenters. The number of benzene rings is 1. The van der Waals surface area contributed by atoms with Crippen LogP contribution in [0.1, 0.15) is 25.6 Å². The first-order valence-electron chi connectivity index (χ1n) is 6.82. The normalized spacial score (nSPS) is 14.0. The number of nitrogens with zero attached hydrogens (tertiary/aromatic N) is 2. The van der Waals surface area contributed by atoms with Crippen LogP contribution in [0.2, 0.25) is 0 Å². The third-order valence-electron chi connectivity index (χ3n) is 3.35. The fraction of sp³-hybridized carbons (Fsp3) is 0.188. The number of para-hydroxylation sites is 1. The van der Waals surface area contributed by atoms with Gasteiger partial charge in [-0.1, -0.05) is 30.4 Å². The van der Waals surface area contributed by atoms with Crippen molar-refractivity contribution < 1.29 is 4.79 Å². The minimum Gasteiger partial charge on any atom is -0.274 e. The summed E-state index contributed by atoms with van der Waals surface area (Å²) in [5.74, 6) is 0.195. The Morgan fingerprint density at radius 2 is 2.14 bits per heavy atom. The molecule has 0 fully saturated rings. The Kier molecular flexibility index (Phi) is 3.39. The molecule has 1 N–H and O–H groups in total. The van der Waals surface area contributed by atoms with Crippen LogP contribution in [0.4, 0.5) is 0 Å². The van der Waals surface area contributed by atoms with Crippen molar-refractivity contribution in [3.8, 4) is 0 Å². The van der Waals surface area contributed by atoms with Gasteiger partial charge in [-0.05, 0) is 30.5 Å². The van der Waals surface area contributed by atoms with Crippen molar-refractivity contribution in [2.45, 2.75) is 19.8 Å². The fourth-order valence-corrected chi connectivity index (χ4v) is 2.40. The molecule has 5 nitrogen and oxygen atoms in total. The second-order valence-electron chi connectivity index (χ2n) is 4.92. The number of fused-ring (bicyclic) bond motifs is 1. The van der Waals surface area contributed by atoms with Crippen LogP contribution in [0.15, 0.2) is 47.3 Å². The standard InChI is InChI=1S/C16H15N3O2/c1-11(20)18-19-15(12-7-3-2-4-8-12)17-14-10-6-5-9-13(14)16(19)21/h2-3,5-7,9-10H,4,8H2,1H3,(H,18,20). The number of rotatable bonds is 2. The van der Waals surface area contributed by atoms with Crippen LogP contribution in [0.25, 0.3) is 16.5 Å². The monoisotopic (exact) mass is 281 g/mol. The summed E-state index contributed by atoms with van der Waals surface area (Å²) in [7, 11) is 0. The van der Waals surface area contributed by atoms with Gasteiger partial charge in [-0.2, -0.15) is 4.68 Å². The van der Waals surface area contributed by atoms with Gasteiger partial charge in [0.15, 0.2) is 5.82 Å². The summed E-state index contributed by atoms with van der Waals surface area (Å²) in [6.45, 7) is 1.38. The molecule has 1 aromatic heterocycles. The van der Waals surface area contributed by atoms with E-state index in [1.807, 2.05) is 18.2 Å². The number of carbonyl (C=O) groups is 1. The predicted octanol–water partition coefficient (Wildman–Crippen LogP) is 2.22. The topological polar surface area (TPSA) is 64.0 Å². The second-order valence-corrected chi connectivity index (χ2v) is 4.92. The quantitative estimate of drug-likeness (QED) is 0.918. The van der Waals surface area contributed by atoms with Crippen molar-refractivity contribution in [3.05, 3.63) is 58.7 Å². The van der Waals surface area contributed by atoms with E-state index in [1.165, 1.54) is 11.6 Å². The molecule has 1 heterocycles. The first-order chi connectivity index (χ1) is 10.2. The zero-order valence-electron chi connectivity index (χ0n) is 11.7. The van der Waals surface area contributed by atoms with Gasteiger partial charge in [0, 0.05) is 6.92 Å². The van der Waals surface area contributed by atoms with Gasteiger partial charge in [-0.3, -0.25) is 15.0 Å². The Balaban J connectivity index is 2.30. The summed E-state index contributed by atoms with van der Waals surface area (Å²) < 4.78 is 1.25. The van der Waals surface area contributed by atoms with Crippen LogP contribution in [-0.4, -0.2) is 15.6 Å². The number of aromatic nitrogens is 2.